The summed E-state index contributed by atoms with van der Waals surface area (Å²) in [4.78, 5) is 14.6. The number of methoxy groups -OCH3 is 1. The average molecular weight is 390 g/mol. The Bertz CT molecular complexity index is 757. The van der Waals surface area contributed by atoms with E-state index in [0.29, 0.717) is 29.6 Å². The van der Waals surface area contributed by atoms with Gasteiger partial charge in [-0.3, -0.25) is 4.90 Å². The minimum Gasteiger partial charge on any atom is -0.495 e. The van der Waals surface area contributed by atoms with Gasteiger partial charge in [-0.05, 0) is 23.8 Å². The first kappa shape index (κ1) is 19.5. The van der Waals surface area contributed by atoms with Crippen LogP contribution in [-0.2, 0) is 11.3 Å². The van der Waals surface area contributed by atoms with Crippen molar-refractivity contribution in [3.63, 3.8) is 0 Å². The molecule has 2 aromatic rings. The van der Waals surface area contributed by atoms with Gasteiger partial charge in [0.25, 0.3) is 0 Å². The molecule has 2 N–H and O–H groups in total. The molecule has 2 aromatic carbocycles. The van der Waals surface area contributed by atoms with E-state index in [1.165, 1.54) is 5.56 Å². The molecule has 1 unspecified atom stereocenters. The molecule has 1 aliphatic rings. The number of rotatable bonds is 6. The number of morpholine rings is 1. The van der Waals surface area contributed by atoms with Crippen molar-refractivity contribution in [2.75, 3.05) is 38.7 Å². The van der Waals surface area contributed by atoms with Crippen molar-refractivity contribution in [3.8, 4) is 5.75 Å². The van der Waals surface area contributed by atoms with Crippen LogP contribution >= 0.6 is 11.6 Å². The van der Waals surface area contributed by atoms with Gasteiger partial charge in [0.2, 0.25) is 0 Å². The summed E-state index contributed by atoms with van der Waals surface area (Å²) in [6.07, 6.45) is -0.0468. The number of halogens is 1. The molecule has 0 spiro atoms. The SMILES string of the molecule is COc1ccc(Cl)cc1NC(=O)NCC1CN(Cc2ccccc2)CCO1. The third-order valence-corrected chi connectivity index (χ3v) is 4.61. The Hall–Kier alpha value is -2.28. The van der Waals surface area contributed by atoms with Crippen molar-refractivity contribution in [2.24, 2.45) is 0 Å². The molecule has 7 heteroatoms. The topological polar surface area (TPSA) is 62.8 Å². The van der Waals surface area contributed by atoms with Gasteiger partial charge in [0, 0.05) is 31.2 Å². The van der Waals surface area contributed by atoms with E-state index in [-0.39, 0.29) is 12.1 Å². The van der Waals surface area contributed by atoms with E-state index >= 15 is 0 Å². The van der Waals surface area contributed by atoms with E-state index in [9.17, 15) is 4.79 Å². The predicted molar refractivity (Wildman–Crippen MR) is 106 cm³/mol. The van der Waals surface area contributed by atoms with E-state index in [1.807, 2.05) is 18.2 Å². The first-order valence-electron chi connectivity index (χ1n) is 8.90. The van der Waals surface area contributed by atoms with Crippen LogP contribution in [0.5, 0.6) is 5.75 Å². The maximum Gasteiger partial charge on any atom is 0.319 e. The summed E-state index contributed by atoms with van der Waals surface area (Å²) in [6.45, 7) is 3.63. The zero-order valence-electron chi connectivity index (χ0n) is 15.3. The molecular formula is C20H24ClN3O3. The van der Waals surface area contributed by atoms with Gasteiger partial charge in [0.1, 0.15) is 5.75 Å². The smallest absolute Gasteiger partial charge is 0.319 e. The van der Waals surface area contributed by atoms with Crippen molar-refractivity contribution < 1.29 is 14.3 Å². The minimum atomic E-state index is -0.320. The summed E-state index contributed by atoms with van der Waals surface area (Å²) in [5, 5.41) is 6.15. The summed E-state index contributed by atoms with van der Waals surface area (Å²) < 4.78 is 11.0. The molecule has 1 heterocycles. The predicted octanol–water partition coefficient (Wildman–Crippen LogP) is 3.37. The number of hydrogen-bond acceptors (Lipinski definition) is 4. The van der Waals surface area contributed by atoms with E-state index in [0.717, 1.165) is 19.6 Å². The molecule has 2 amide bonds. The monoisotopic (exact) mass is 389 g/mol. The van der Waals surface area contributed by atoms with Gasteiger partial charge in [-0.25, -0.2) is 4.79 Å². The second kappa shape index (κ2) is 9.60. The maximum absolute atomic E-state index is 12.2. The maximum atomic E-state index is 12.2. The summed E-state index contributed by atoms with van der Waals surface area (Å²) in [6, 6.07) is 15.1. The zero-order chi connectivity index (χ0) is 19.1. The van der Waals surface area contributed by atoms with Crippen molar-refractivity contribution in [1.82, 2.24) is 10.2 Å². The Morgan fingerprint density at radius 1 is 1.30 bits per heavy atom. The van der Waals surface area contributed by atoms with Gasteiger partial charge in [0.05, 0.1) is 25.5 Å². The normalized spacial score (nSPS) is 17.3. The van der Waals surface area contributed by atoms with Crippen LogP contribution in [0, 0.1) is 0 Å². The molecule has 3 rings (SSSR count). The number of carbonyl (C=O) groups is 1. The van der Waals surface area contributed by atoms with Crippen LogP contribution in [0.25, 0.3) is 0 Å². The summed E-state index contributed by atoms with van der Waals surface area (Å²) in [7, 11) is 1.55. The fourth-order valence-electron chi connectivity index (χ4n) is 3.04. The molecule has 0 saturated carbocycles. The largest absolute Gasteiger partial charge is 0.495 e. The zero-order valence-corrected chi connectivity index (χ0v) is 16.0. The number of hydrogen-bond donors (Lipinski definition) is 2. The van der Waals surface area contributed by atoms with Crippen molar-refractivity contribution in [1.29, 1.82) is 0 Å². The molecule has 144 valence electrons. The molecular weight excluding hydrogens is 366 g/mol. The first-order valence-corrected chi connectivity index (χ1v) is 9.28. The summed E-state index contributed by atoms with van der Waals surface area (Å²) in [5.74, 6) is 0.553. The first-order chi connectivity index (χ1) is 13.1. The third-order valence-electron chi connectivity index (χ3n) is 4.37. The molecule has 1 atom stereocenters. The molecule has 0 aromatic heterocycles. The van der Waals surface area contributed by atoms with Crippen LogP contribution in [0.15, 0.2) is 48.5 Å². The van der Waals surface area contributed by atoms with Gasteiger partial charge in [-0.1, -0.05) is 41.9 Å². The number of carbonyl (C=O) groups excluding carboxylic acids is 1. The Labute approximate surface area is 164 Å². The Morgan fingerprint density at radius 3 is 2.89 bits per heavy atom. The average Bonchev–Trinajstić information content (AvgIpc) is 2.68. The van der Waals surface area contributed by atoms with Gasteiger partial charge >= 0.3 is 6.03 Å². The van der Waals surface area contributed by atoms with Crippen LogP contribution in [0.3, 0.4) is 0 Å². The van der Waals surface area contributed by atoms with Crippen LogP contribution < -0.4 is 15.4 Å². The number of amides is 2. The van der Waals surface area contributed by atoms with E-state index in [2.05, 4.69) is 27.7 Å². The van der Waals surface area contributed by atoms with Gasteiger partial charge in [-0.15, -0.1) is 0 Å². The fraction of sp³-hybridized carbons (Fsp3) is 0.350. The Balaban J connectivity index is 1.48. The molecule has 1 aliphatic heterocycles. The number of nitrogens with one attached hydrogen (secondary N) is 2. The molecule has 1 fully saturated rings. The number of nitrogens with zero attached hydrogens (tertiary/aromatic N) is 1. The second-order valence-electron chi connectivity index (χ2n) is 6.39. The summed E-state index contributed by atoms with van der Waals surface area (Å²) >= 11 is 5.99. The molecule has 6 nitrogen and oxygen atoms in total. The molecule has 0 aliphatic carbocycles. The molecule has 0 radical (unpaired) electrons. The quantitative estimate of drug-likeness (QED) is 0.795. The molecule has 0 bridgehead atoms. The lowest BCUT2D eigenvalue weighted by molar-refractivity contribution is -0.0285. The van der Waals surface area contributed by atoms with Crippen LogP contribution in [0.1, 0.15) is 5.56 Å². The molecule has 27 heavy (non-hydrogen) atoms. The van der Waals surface area contributed by atoms with E-state index < -0.39 is 0 Å². The lowest BCUT2D eigenvalue weighted by Gasteiger charge is -2.33. The standard InChI is InChI=1S/C20H24ClN3O3/c1-26-19-8-7-16(21)11-18(19)23-20(25)22-12-17-14-24(9-10-27-17)13-15-5-3-2-4-6-15/h2-8,11,17H,9-10,12-14H2,1H3,(H2,22,23,25). The van der Waals surface area contributed by atoms with Gasteiger partial charge < -0.3 is 20.1 Å². The lowest BCUT2D eigenvalue weighted by atomic mass is 10.2. The van der Waals surface area contributed by atoms with Crippen molar-refractivity contribution >= 4 is 23.3 Å². The number of ether oxygens (including phenoxy) is 2. The van der Waals surface area contributed by atoms with Gasteiger partial charge in [-0.2, -0.15) is 0 Å². The van der Waals surface area contributed by atoms with Gasteiger partial charge in [0.15, 0.2) is 0 Å². The highest BCUT2D eigenvalue weighted by atomic mass is 35.5. The third kappa shape index (κ3) is 5.85. The van der Waals surface area contributed by atoms with Crippen LogP contribution in [0.2, 0.25) is 5.02 Å². The lowest BCUT2D eigenvalue weighted by Crippen LogP contribution is -2.47. The second-order valence-corrected chi connectivity index (χ2v) is 6.83. The highest BCUT2D eigenvalue weighted by Gasteiger charge is 2.21. The highest BCUT2D eigenvalue weighted by Crippen LogP contribution is 2.27. The van der Waals surface area contributed by atoms with Crippen molar-refractivity contribution in [3.05, 3.63) is 59.1 Å². The number of benzene rings is 2. The Kier molecular flexibility index (Phi) is 6.92. The number of urea groups is 1. The highest BCUT2D eigenvalue weighted by molar-refractivity contribution is 6.31. The summed E-state index contributed by atoms with van der Waals surface area (Å²) in [5.41, 5.74) is 1.80. The Morgan fingerprint density at radius 2 is 2.11 bits per heavy atom. The van der Waals surface area contributed by atoms with Crippen LogP contribution in [0.4, 0.5) is 10.5 Å². The van der Waals surface area contributed by atoms with Crippen molar-refractivity contribution in [2.45, 2.75) is 12.6 Å². The minimum absolute atomic E-state index is 0.0468. The van der Waals surface area contributed by atoms with Crippen LogP contribution in [-0.4, -0.2) is 50.4 Å². The molecule has 1 saturated heterocycles. The van der Waals surface area contributed by atoms with E-state index in [1.54, 1.807) is 25.3 Å². The van der Waals surface area contributed by atoms with E-state index in [4.69, 9.17) is 21.1 Å². The fourth-order valence-corrected chi connectivity index (χ4v) is 3.21. The number of anilines is 1.